The topological polar surface area (TPSA) is 189 Å². The molecule has 6 rings (SSSR count). The molecule has 0 spiro atoms. The number of amides is 1. The Kier molecular flexibility index (Phi) is 17.9. The molecule has 2 saturated heterocycles. The predicted octanol–water partition coefficient (Wildman–Crippen LogP) is 5.84. The first-order chi connectivity index (χ1) is 25.9. The number of carboxylic acid groups (broad SMARTS) is 1. The van der Waals surface area contributed by atoms with Crippen molar-refractivity contribution >= 4 is 11.9 Å². The average Bonchev–Trinajstić information content (AvgIpc) is 3.86. The van der Waals surface area contributed by atoms with Crippen LogP contribution < -0.4 is 5.48 Å². The smallest absolute Gasteiger partial charge is 0.304 e. The number of ether oxygens (including phenoxy) is 2. The zero-order valence-corrected chi connectivity index (χ0v) is 31.6. The van der Waals surface area contributed by atoms with Crippen molar-refractivity contribution < 1.29 is 38.4 Å². The molecule has 2 aliphatic carbocycles. The minimum absolute atomic E-state index is 0.0594. The Morgan fingerprint density at radius 3 is 1.53 bits per heavy atom. The van der Waals surface area contributed by atoms with Crippen molar-refractivity contribution in [1.29, 1.82) is 0 Å². The lowest BCUT2D eigenvalue weighted by Crippen LogP contribution is -2.35. The Morgan fingerprint density at radius 1 is 0.679 bits per heavy atom. The molecular weight excluding hydrogens is 682 g/mol. The number of nitrogens with zero attached hydrogens (tertiary/aromatic N) is 6. The van der Waals surface area contributed by atoms with Crippen molar-refractivity contribution in [2.24, 2.45) is 11.8 Å². The number of morpholine rings is 2. The maximum absolute atomic E-state index is 11.7. The van der Waals surface area contributed by atoms with Gasteiger partial charge in [0.25, 0.3) is 0 Å². The van der Waals surface area contributed by atoms with Crippen molar-refractivity contribution in [3.63, 3.8) is 0 Å². The fourth-order valence-corrected chi connectivity index (χ4v) is 8.28. The van der Waals surface area contributed by atoms with Crippen LogP contribution in [0.4, 0.5) is 0 Å². The van der Waals surface area contributed by atoms with E-state index in [-0.39, 0.29) is 24.7 Å². The Morgan fingerprint density at radius 2 is 1.11 bits per heavy atom. The number of nitrogens with one attached hydrogen (secondary N) is 1. The van der Waals surface area contributed by atoms with Crippen LogP contribution in [0.5, 0.6) is 0 Å². The minimum Gasteiger partial charge on any atom is -0.481 e. The molecule has 0 bridgehead atoms. The lowest BCUT2D eigenvalue weighted by atomic mass is 9.84. The van der Waals surface area contributed by atoms with Crippen LogP contribution in [0.1, 0.15) is 151 Å². The van der Waals surface area contributed by atoms with Gasteiger partial charge in [-0.1, -0.05) is 100 Å². The second kappa shape index (κ2) is 23.1. The lowest BCUT2D eigenvalue weighted by molar-refractivity contribution is -0.137. The van der Waals surface area contributed by atoms with Crippen LogP contribution in [0, 0.1) is 11.8 Å². The molecular formula is C38H63N7O8. The van der Waals surface area contributed by atoms with Crippen molar-refractivity contribution in [2.75, 3.05) is 52.6 Å². The second-order valence-electron chi connectivity index (χ2n) is 15.5. The van der Waals surface area contributed by atoms with Gasteiger partial charge in [-0.15, -0.1) is 0 Å². The first-order valence-corrected chi connectivity index (χ1v) is 20.3. The first-order valence-electron chi connectivity index (χ1n) is 20.3. The summed E-state index contributed by atoms with van der Waals surface area (Å²) in [6.45, 7) is 7.64. The molecule has 0 aromatic carbocycles. The summed E-state index contributed by atoms with van der Waals surface area (Å²) < 4.78 is 21.6. The van der Waals surface area contributed by atoms with Gasteiger partial charge in [-0.05, 0) is 24.7 Å². The number of hydrogen-bond donors (Lipinski definition) is 3. The molecule has 3 N–H and O–H groups in total. The molecule has 1 amide bonds. The van der Waals surface area contributed by atoms with E-state index in [9.17, 15) is 14.7 Å². The normalized spacial score (nSPS) is 20.7. The van der Waals surface area contributed by atoms with Gasteiger partial charge in [0.15, 0.2) is 11.6 Å². The van der Waals surface area contributed by atoms with Gasteiger partial charge < -0.3 is 23.6 Å². The van der Waals surface area contributed by atoms with E-state index in [1.807, 2.05) is 0 Å². The summed E-state index contributed by atoms with van der Waals surface area (Å²) in [5.41, 5.74) is 1.73. The fraction of sp³-hybridized carbons (Fsp3) is 0.842. The third-order valence-electron chi connectivity index (χ3n) is 11.4. The zero-order valence-electron chi connectivity index (χ0n) is 31.6. The zero-order chi connectivity index (χ0) is 37.1. The van der Waals surface area contributed by atoms with Crippen LogP contribution in [-0.4, -0.2) is 105 Å². The van der Waals surface area contributed by atoms with Crippen LogP contribution in [0.15, 0.2) is 9.05 Å². The summed E-state index contributed by atoms with van der Waals surface area (Å²) in [5.74, 6) is 2.36. The van der Waals surface area contributed by atoms with Crippen molar-refractivity contribution in [3.8, 4) is 0 Å². The Labute approximate surface area is 313 Å². The standard InChI is InChI=1S/C19H32N4O4.C19H31N3O4/c24-18(21-25)13-16(8-4-7-15-5-2-1-3-6-15)19-20-17(22-27-19)14-23-9-11-26-12-10-23;23-18(24)13-16(8-4-7-15-5-2-1-3-6-15)19-20-17(21-26-19)14-22-9-11-25-12-10-22/h15-16,25H,1-14H2,(H,21,24);15-16H,1-14H2,(H,23,24)/t2*16-/m11/s1. The predicted molar refractivity (Wildman–Crippen MR) is 194 cm³/mol. The summed E-state index contributed by atoms with van der Waals surface area (Å²) in [4.78, 5) is 36.5. The van der Waals surface area contributed by atoms with Crippen molar-refractivity contribution in [1.82, 2.24) is 35.6 Å². The van der Waals surface area contributed by atoms with Gasteiger partial charge in [-0.3, -0.25) is 24.6 Å². The Balaban J connectivity index is 0.000000204. The first kappa shape index (κ1) is 41.2. The second-order valence-corrected chi connectivity index (χ2v) is 15.5. The molecule has 0 radical (unpaired) electrons. The largest absolute Gasteiger partial charge is 0.481 e. The number of carboxylic acids is 1. The van der Waals surface area contributed by atoms with E-state index in [0.29, 0.717) is 36.5 Å². The number of hydrogen-bond acceptors (Lipinski definition) is 13. The van der Waals surface area contributed by atoms with Crippen LogP contribution in [0.25, 0.3) is 0 Å². The van der Waals surface area contributed by atoms with Crippen LogP contribution in [0.3, 0.4) is 0 Å². The SMILES string of the molecule is O=C(C[C@@H](CCCC1CCCCC1)c1nc(CN2CCOCC2)no1)NO.O=C(O)C[C@@H](CCCC1CCCCC1)c1nc(CN2CCOCC2)no1. The molecule has 2 aromatic rings. The lowest BCUT2D eigenvalue weighted by Gasteiger charge is -2.24. The molecule has 53 heavy (non-hydrogen) atoms. The van der Waals surface area contributed by atoms with Crippen molar-refractivity contribution in [3.05, 3.63) is 23.4 Å². The maximum atomic E-state index is 11.7. The molecule has 298 valence electrons. The third-order valence-corrected chi connectivity index (χ3v) is 11.4. The van der Waals surface area contributed by atoms with Gasteiger partial charge in [0, 0.05) is 44.4 Å². The van der Waals surface area contributed by atoms with E-state index in [1.165, 1.54) is 77.0 Å². The highest BCUT2D eigenvalue weighted by Crippen LogP contribution is 2.32. The summed E-state index contributed by atoms with van der Waals surface area (Å²) in [5, 5.41) is 26.3. The minimum atomic E-state index is -0.805. The number of aliphatic carboxylic acids is 1. The molecule has 2 aliphatic heterocycles. The maximum Gasteiger partial charge on any atom is 0.304 e. The molecule has 4 aliphatic rings. The van der Waals surface area contributed by atoms with E-state index in [1.54, 1.807) is 5.48 Å². The van der Waals surface area contributed by atoms with E-state index in [2.05, 4.69) is 30.1 Å². The number of carbonyl (C=O) groups excluding carboxylic acids is 1. The highest BCUT2D eigenvalue weighted by molar-refractivity contribution is 5.75. The van der Waals surface area contributed by atoms with Gasteiger partial charge in [-0.2, -0.15) is 9.97 Å². The Bertz CT molecular complexity index is 1320. The van der Waals surface area contributed by atoms with Gasteiger partial charge >= 0.3 is 5.97 Å². The number of hydroxylamine groups is 1. The summed E-state index contributed by atoms with van der Waals surface area (Å²) in [6.07, 6.45) is 19.7. The van der Waals surface area contributed by atoms with Crippen LogP contribution >= 0.6 is 0 Å². The molecule has 15 nitrogen and oxygen atoms in total. The summed E-state index contributed by atoms with van der Waals surface area (Å²) in [7, 11) is 0. The quantitative estimate of drug-likeness (QED) is 0.122. The molecule has 4 fully saturated rings. The monoisotopic (exact) mass is 745 g/mol. The molecule has 0 unspecified atom stereocenters. The third kappa shape index (κ3) is 15.0. The summed E-state index contributed by atoms with van der Waals surface area (Å²) >= 11 is 0. The molecule has 4 heterocycles. The summed E-state index contributed by atoms with van der Waals surface area (Å²) in [6, 6.07) is 0. The molecule has 2 saturated carbocycles. The van der Waals surface area contributed by atoms with Crippen LogP contribution in [-0.2, 0) is 32.2 Å². The van der Waals surface area contributed by atoms with Gasteiger partial charge in [-0.25, -0.2) is 5.48 Å². The number of aromatic nitrogens is 4. The average molecular weight is 746 g/mol. The highest BCUT2D eigenvalue weighted by Gasteiger charge is 2.26. The number of carbonyl (C=O) groups is 2. The molecule has 2 atom stereocenters. The van der Waals surface area contributed by atoms with Crippen LogP contribution in [0.2, 0.25) is 0 Å². The Hall–Kier alpha value is -2.98. The van der Waals surface area contributed by atoms with Gasteiger partial charge in [0.2, 0.25) is 17.7 Å². The van der Waals surface area contributed by atoms with E-state index >= 15 is 0 Å². The van der Waals surface area contributed by atoms with Crippen molar-refractivity contribution in [2.45, 2.75) is 141 Å². The molecule has 15 heteroatoms. The molecule has 2 aromatic heterocycles. The van der Waals surface area contributed by atoms with E-state index in [4.69, 9.17) is 23.7 Å². The van der Waals surface area contributed by atoms with Gasteiger partial charge in [0.1, 0.15) is 0 Å². The highest BCUT2D eigenvalue weighted by atomic mass is 16.5. The van der Waals surface area contributed by atoms with E-state index < -0.39 is 11.9 Å². The van der Waals surface area contributed by atoms with Gasteiger partial charge in [0.05, 0.1) is 45.9 Å². The van der Waals surface area contributed by atoms with E-state index in [0.717, 1.165) is 90.1 Å². The number of rotatable bonds is 18. The fourth-order valence-electron chi connectivity index (χ4n) is 8.28.